The van der Waals surface area contributed by atoms with Crippen molar-refractivity contribution in [2.45, 2.75) is 69.1 Å². The van der Waals surface area contributed by atoms with E-state index in [1.807, 2.05) is 12.1 Å². The molecule has 9 nitrogen and oxygen atoms in total. The molecule has 2 rings (SSSR count). The van der Waals surface area contributed by atoms with Gasteiger partial charge in [0.25, 0.3) is 0 Å². The predicted octanol–water partition coefficient (Wildman–Crippen LogP) is 5.91. The minimum absolute atomic E-state index is 0.00578. The van der Waals surface area contributed by atoms with Gasteiger partial charge in [-0.15, -0.1) is 0 Å². The molecule has 220 valence electrons. The van der Waals surface area contributed by atoms with Crippen molar-refractivity contribution >= 4 is 41.2 Å². The van der Waals surface area contributed by atoms with Crippen molar-refractivity contribution in [2.75, 3.05) is 19.7 Å². The van der Waals surface area contributed by atoms with Crippen LogP contribution in [0.1, 0.15) is 69.7 Å². The molecule has 1 N–H and O–H groups in total. The smallest absolute Gasteiger partial charge is 0.338 e. The normalized spacial score (nSPS) is 11.0. The van der Waals surface area contributed by atoms with Gasteiger partial charge in [0.2, 0.25) is 5.78 Å². The van der Waals surface area contributed by atoms with Crippen molar-refractivity contribution < 1.29 is 33.5 Å². The summed E-state index contributed by atoms with van der Waals surface area (Å²) in [5.74, 6) is -1.66. The lowest BCUT2D eigenvalue weighted by Crippen LogP contribution is -2.22. The van der Waals surface area contributed by atoms with E-state index in [0.29, 0.717) is 23.4 Å². The minimum Gasteiger partial charge on any atom is -0.464 e. The molecule has 0 amide bonds. The van der Waals surface area contributed by atoms with Crippen LogP contribution >= 0.6 is 11.8 Å². The third kappa shape index (κ3) is 13.4. The highest BCUT2D eigenvalue weighted by molar-refractivity contribution is 7.99. The molecule has 0 unspecified atom stereocenters. The molecule has 0 aliphatic rings. The Morgan fingerprint density at radius 2 is 1.49 bits per heavy atom. The third-order valence-electron chi connectivity index (χ3n) is 5.63. The average molecular weight is 583 g/mol. The van der Waals surface area contributed by atoms with Gasteiger partial charge in [-0.1, -0.05) is 49.7 Å². The summed E-state index contributed by atoms with van der Waals surface area (Å²) in [6.45, 7) is 10.4. The molecule has 0 aliphatic heterocycles. The molecule has 0 heterocycles. The quantitative estimate of drug-likeness (QED) is 0.0334. The maximum Gasteiger partial charge on any atom is 0.338 e. The topological polar surface area (TPSA) is 120 Å². The number of carbonyl (C=O) groups is 4. The van der Waals surface area contributed by atoms with Gasteiger partial charge in [0.1, 0.15) is 18.1 Å². The predicted molar refractivity (Wildman–Crippen MR) is 158 cm³/mol. The van der Waals surface area contributed by atoms with Crippen LogP contribution in [0.5, 0.6) is 5.75 Å². The maximum atomic E-state index is 12.7. The summed E-state index contributed by atoms with van der Waals surface area (Å²) < 4.78 is 10.3. The number of ether oxygens (including phenoxy) is 2. The zero-order valence-electron chi connectivity index (χ0n) is 23.9. The highest BCUT2D eigenvalue weighted by atomic mass is 32.2. The van der Waals surface area contributed by atoms with Gasteiger partial charge in [0.15, 0.2) is 0 Å². The maximum absolute atomic E-state index is 12.7. The molecule has 0 aromatic heterocycles. The summed E-state index contributed by atoms with van der Waals surface area (Å²) in [5, 5.41) is 6.84. The zero-order chi connectivity index (χ0) is 30.0. The number of oxime groups is 1. The van der Waals surface area contributed by atoms with E-state index in [1.165, 1.54) is 37.9 Å². The van der Waals surface area contributed by atoms with Crippen molar-refractivity contribution in [2.24, 2.45) is 5.16 Å². The van der Waals surface area contributed by atoms with Gasteiger partial charge in [0, 0.05) is 27.5 Å². The van der Waals surface area contributed by atoms with Crippen LogP contribution < -0.4 is 10.1 Å². The molecule has 0 saturated heterocycles. The third-order valence-corrected chi connectivity index (χ3v) is 6.65. The number of esters is 2. The molecule has 0 bridgehead atoms. The molecule has 2 aromatic carbocycles. The number of rotatable bonds is 18. The Morgan fingerprint density at radius 1 is 0.854 bits per heavy atom. The molecule has 0 radical (unpaired) electrons. The Morgan fingerprint density at radius 3 is 2.12 bits per heavy atom. The molecule has 41 heavy (non-hydrogen) atoms. The fourth-order valence-corrected chi connectivity index (χ4v) is 4.13. The number of hydrogen-bond donors (Lipinski definition) is 1. The lowest BCUT2D eigenvalue weighted by Gasteiger charge is -2.07. The molecule has 0 aliphatic carbocycles. The second-order valence-electron chi connectivity index (χ2n) is 9.27. The minimum atomic E-state index is -0.727. The lowest BCUT2D eigenvalue weighted by molar-refractivity contribution is -0.150. The van der Waals surface area contributed by atoms with Gasteiger partial charge in [0.05, 0.1) is 12.8 Å². The largest absolute Gasteiger partial charge is 0.464 e. The van der Waals surface area contributed by atoms with Gasteiger partial charge in [-0.3, -0.25) is 9.59 Å². The van der Waals surface area contributed by atoms with E-state index < -0.39 is 17.9 Å². The highest BCUT2D eigenvalue weighted by Gasteiger charge is 2.14. The van der Waals surface area contributed by atoms with Gasteiger partial charge in [-0.2, -0.15) is 0 Å². The van der Waals surface area contributed by atoms with E-state index in [-0.39, 0.29) is 30.9 Å². The number of carbonyl (C=O) groups excluding carboxylic acids is 4. The van der Waals surface area contributed by atoms with Crippen molar-refractivity contribution in [1.82, 2.24) is 5.32 Å². The van der Waals surface area contributed by atoms with E-state index in [4.69, 9.17) is 14.3 Å². The first-order valence-electron chi connectivity index (χ1n) is 13.6. The number of unbranched alkanes of at least 4 members (excludes halogenated alkanes) is 3. The van der Waals surface area contributed by atoms with Gasteiger partial charge in [-0.05, 0) is 75.3 Å². The average Bonchev–Trinajstić information content (AvgIpc) is 2.97. The number of nitrogens with one attached hydrogen (secondary N) is 1. The molecular weight excluding hydrogens is 544 g/mol. The van der Waals surface area contributed by atoms with E-state index in [0.717, 1.165) is 22.8 Å². The Hall–Kier alpha value is -3.76. The van der Waals surface area contributed by atoms with Crippen molar-refractivity contribution in [3.63, 3.8) is 0 Å². The summed E-state index contributed by atoms with van der Waals surface area (Å²) in [4.78, 5) is 54.6. The van der Waals surface area contributed by atoms with E-state index >= 15 is 0 Å². The fraction of sp³-hybridized carbons (Fsp3) is 0.387. The number of ketones is 1. The Kier molecular flexibility index (Phi) is 15.1. The molecule has 10 heteroatoms. The molecule has 0 saturated carbocycles. The fourth-order valence-electron chi connectivity index (χ4n) is 3.31. The van der Waals surface area contributed by atoms with Crippen LogP contribution in [0.2, 0.25) is 0 Å². The van der Waals surface area contributed by atoms with Gasteiger partial charge < -0.3 is 19.6 Å². The highest BCUT2D eigenvalue weighted by Crippen LogP contribution is 2.29. The van der Waals surface area contributed by atoms with Crippen LogP contribution in [0.15, 0.2) is 75.6 Å². The molecule has 2 aromatic rings. The van der Waals surface area contributed by atoms with E-state index in [2.05, 4.69) is 24.0 Å². The standard InChI is InChI=1S/C31H38N2O7S/c1-5-6-7-8-19-32-20-21-38-28(34)17-18-29(35)40-33-23(4)30(36)24-9-13-26(14-10-24)41-27-15-11-25(12-16-27)39-31(37)22(2)3/h9-16,32H,2,5-8,17-21H2,1,3-4H3/b33-23+. The first kappa shape index (κ1) is 33.4. The van der Waals surface area contributed by atoms with Crippen LogP contribution in [0, 0.1) is 0 Å². The van der Waals surface area contributed by atoms with Crippen molar-refractivity contribution in [3.8, 4) is 5.75 Å². The molecular formula is C31H38N2O7S. The van der Waals surface area contributed by atoms with Crippen LogP contribution in [-0.2, 0) is 24.0 Å². The summed E-state index contributed by atoms with van der Waals surface area (Å²) in [5.41, 5.74) is 0.711. The second kappa shape index (κ2) is 18.6. The number of nitrogens with zero attached hydrogens (tertiary/aromatic N) is 1. The first-order valence-corrected chi connectivity index (χ1v) is 14.4. The number of Topliss-reactive ketones (excluding diaryl/α,β-unsaturated/α-hetero) is 1. The molecule has 0 spiro atoms. The summed E-state index contributed by atoms with van der Waals surface area (Å²) in [7, 11) is 0. The molecule has 0 fully saturated rings. The van der Waals surface area contributed by atoms with E-state index in [9.17, 15) is 19.2 Å². The zero-order valence-corrected chi connectivity index (χ0v) is 24.7. The summed E-state index contributed by atoms with van der Waals surface area (Å²) in [6.07, 6.45) is 4.35. The lowest BCUT2D eigenvalue weighted by atomic mass is 10.1. The van der Waals surface area contributed by atoms with Gasteiger partial charge >= 0.3 is 17.9 Å². The Balaban J connectivity index is 1.72. The molecule has 0 atom stereocenters. The first-order chi connectivity index (χ1) is 19.7. The Labute approximate surface area is 245 Å². The van der Waals surface area contributed by atoms with Gasteiger partial charge in [-0.25, -0.2) is 9.59 Å². The van der Waals surface area contributed by atoms with Crippen molar-refractivity contribution in [1.29, 1.82) is 0 Å². The van der Waals surface area contributed by atoms with Crippen LogP contribution in [0.25, 0.3) is 0 Å². The monoisotopic (exact) mass is 582 g/mol. The second-order valence-corrected chi connectivity index (χ2v) is 10.4. The van der Waals surface area contributed by atoms with Crippen molar-refractivity contribution in [3.05, 3.63) is 66.2 Å². The SMILES string of the molecule is C=C(C)C(=O)Oc1ccc(Sc2ccc(C(=O)/C(C)=N/OC(=O)CCC(=O)OCCNCCCCCC)cc2)cc1. The van der Waals surface area contributed by atoms with E-state index in [1.54, 1.807) is 43.3 Å². The summed E-state index contributed by atoms with van der Waals surface area (Å²) >= 11 is 1.47. The van der Waals surface area contributed by atoms with Crippen LogP contribution in [0.3, 0.4) is 0 Å². The Bertz CT molecular complexity index is 1210. The number of benzene rings is 2. The summed E-state index contributed by atoms with van der Waals surface area (Å²) in [6, 6.07) is 13.9. The van der Waals surface area contributed by atoms with Crippen LogP contribution in [0.4, 0.5) is 0 Å². The number of hydrogen-bond acceptors (Lipinski definition) is 10. The van der Waals surface area contributed by atoms with Crippen LogP contribution in [-0.4, -0.2) is 49.1 Å².